The number of carbonyl (C=O) groups excluding carboxylic acids is 1. The number of rotatable bonds is 5. The van der Waals surface area contributed by atoms with Crippen molar-refractivity contribution in [2.45, 2.75) is 6.92 Å². The number of hydrogen-bond acceptors (Lipinski definition) is 4. The topological polar surface area (TPSA) is 63.8 Å². The second-order valence-corrected chi connectivity index (χ2v) is 7.07. The summed E-state index contributed by atoms with van der Waals surface area (Å²) in [5.74, 6) is 0.146. The highest BCUT2D eigenvalue weighted by atomic mass is 35.5. The second kappa shape index (κ2) is 8.15. The molecule has 0 aliphatic rings. The molecule has 3 aromatic carbocycles. The molecule has 0 saturated heterocycles. The fourth-order valence-corrected chi connectivity index (χ4v) is 3.67. The molecule has 0 atom stereocenters. The molecular formula is C22H16Cl2N2O3. The zero-order valence-electron chi connectivity index (χ0n) is 15.4. The first kappa shape index (κ1) is 19.3. The van der Waals surface area contributed by atoms with Gasteiger partial charge in [-0.3, -0.25) is 4.79 Å². The maximum Gasteiger partial charge on any atom is 0.307 e. The van der Waals surface area contributed by atoms with Crippen molar-refractivity contribution in [3.8, 4) is 5.75 Å². The van der Waals surface area contributed by atoms with Gasteiger partial charge < -0.3 is 9.15 Å². The van der Waals surface area contributed by atoms with Crippen LogP contribution in [-0.2, 0) is 0 Å². The predicted molar refractivity (Wildman–Crippen MR) is 116 cm³/mol. The van der Waals surface area contributed by atoms with Crippen LogP contribution in [0.2, 0.25) is 10.0 Å². The minimum atomic E-state index is -0.454. The number of carbonyl (C=O) groups is 1. The number of hydrogen-bond donors (Lipinski definition) is 1. The Morgan fingerprint density at radius 3 is 2.62 bits per heavy atom. The molecule has 0 bridgehead atoms. The summed E-state index contributed by atoms with van der Waals surface area (Å²) in [4.78, 5) is 12.4. The molecule has 0 fully saturated rings. The number of nitrogens with one attached hydrogen (secondary N) is 1. The minimum absolute atomic E-state index is 0.177. The number of amides is 1. The third-order valence-electron chi connectivity index (χ3n) is 4.34. The van der Waals surface area contributed by atoms with E-state index < -0.39 is 5.91 Å². The molecule has 1 aromatic heterocycles. The molecule has 0 aliphatic heterocycles. The Morgan fingerprint density at radius 1 is 1.10 bits per heavy atom. The lowest BCUT2D eigenvalue weighted by Crippen LogP contribution is -2.16. The molecule has 29 heavy (non-hydrogen) atoms. The average Bonchev–Trinajstić information content (AvgIpc) is 3.16. The predicted octanol–water partition coefficient (Wildman–Crippen LogP) is 6.06. The standard InChI is InChI=1S/C22H16Cl2N2O3/c1-2-28-21-17(23)9-13(10-18(21)24)12-25-26-22(27)20-11-16-15-6-4-3-5-14(15)7-8-19(16)29-20/h3-12H,2H2,1H3,(H,26,27)/b25-12-. The van der Waals surface area contributed by atoms with Gasteiger partial charge in [0.05, 0.1) is 22.9 Å². The van der Waals surface area contributed by atoms with E-state index in [1.165, 1.54) is 6.21 Å². The van der Waals surface area contributed by atoms with Crippen LogP contribution in [0.4, 0.5) is 0 Å². The van der Waals surface area contributed by atoms with Gasteiger partial charge in [-0.2, -0.15) is 5.10 Å². The van der Waals surface area contributed by atoms with Crippen LogP contribution in [0.15, 0.2) is 64.1 Å². The van der Waals surface area contributed by atoms with Crippen molar-refractivity contribution in [1.29, 1.82) is 0 Å². The molecule has 1 amide bonds. The molecule has 0 unspecified atom stereocenters. The van der Waals surface area contributed by atoms with Gasteiger partial charge in [0.2, 0.25) is 0 Å². The number of furan rings is 1. The van der Waals surface area contributed by atoms with E-state index in [9.17, 15) is 4.79 Å². The van der Waals surface area contributed by atoms with E-state index in [4.69, 9.17) is 32.4 Å². The maximum atomic E-state index is 12.4. The summed E-state index contributed by atoms with van der Waals surface area (Å²) in [7, 11) is 0. The zero-order valence-corrected chi connectivity index (χ0v) is 16.9. The summed E-state index contributed by atoms with van der Waals surface area (Å²) in [6.07, 6.45) is 1.45. The molecule has 0 spiro atoms. The molecular weight excluding hydrogens is 411 g/mol. The van der Waals surface area contributed by atoms with Gasteiger partial charge in [-0.05, 0) is 47.5 Å². The Morgan fingerprint density at radius 2 is 1.86 bits per heavy atom. The third-order valence-corrected chi connectivity index (χ3v) is 4.90. The number of ether oxygens (including phenoxy) is 1. The minimum Gasteiger partial charge on any atom is -0.491 e. The Hall–Kier alpha value is -3.02. The van der Waals surface area contributed by atoms with E-state index in [2.05, 4.69) is 10.5 Å². The van der Waals surface area contributed by atoms with Gasteiger partial charge in [-0.1, -0.05) is 53.5 Å². The molecule has 0 radical (unpaired) electrons. The van der Waals surface area contributed by atoms with Crippen LogP contribution in [0.1, 0.15) is 23.0 Å². The Kier molecular flexibility index (Phi) is 5.43. The SMILES string of the molecule is CCOc1c(Cl)cc(/C=N\NC(=O)c2cc3c(ccc4ccccc43)o2)cc1Cl. The van der Waals surface area contributed by atoms with Crippen LogP contribution < -0.4 is 10.2 Å². The van der Waals surface area contributed by atoms with E-state index >= 15 is 0 Å². The highest BCUT2D eigenvalue weighted by Gasteiger charge is 2.13. The molecule has 5 nitrogen and oxygen atoms in total. The normalized spacial score (nSPS) is 11.4. The van der Waals surface area contributed by atoms with Crippen LogP contribution >= 0.6 is 23.2 Å². The highest BCUT2D eigenvalue weighted by Crippen LogP contribution is 2.33. The van der Waals surface area contributed by atoms with Crippen molar-refractivity contribution < 1.29 is 13.9 Å². The number of fused-ring (bicyclic) bond motifs is 3. The summed E-state index contributed by atoms with van der Waals surface area (Å²) in [5.41, 5.74) is 3.72. The summed E-state index contributed by atoms with van der Waals surface area (Å²) in [6, 6.07) is 16.8. The lowest BCUT2D eigenvalue weighted by atomic mass is 10.1. The van der Waals surface area contributed by atoms with Gasteiger partial charge in [-0.15, -0.1) is 0 Å². The van der Waals surface area contributed by atoms with Gasteiger partial charge >= 0.3 is 5.91 Å². The molecule has 7 heteroatoms. The highest BCUT2D eigenvalue weighted by molar-refractivity contribution is 6.37. The second-order valence-electron chi connectivity index (χ2n) is 6.25. The van der Waals surface area contributed by atoms with Crippen molar-refractivity contribution in [3.05, 3.63) is 76.0 Å². The third kappa shape index (κ3) is 3.92. The number of halogens is 2. The lowest BCUT2D eigenvalue weighted by molar-refractivity contribution is 0.0929. The van der Waals surface area contributed by atoms with Gasteiger partial charge in [0.1, 0.15) is 5.58 Å². The van der Waals surface area contributed by atoms with Crippen molar-refractivity contribution in [3.63, 3.8) is 0 Å². The molecule has 4 rings (SSSR count). The largest absolute Gasteiger partial charge is 0.491 e. The molecule has 1 heterocycles. The van der Waals surface area contributed by atoms with Crippen molar-refractivity contribution >= 4 is 57.1 Å². The van der Waals surface area contributed by atoms with Gasteiger partial charge in [0.15, 0.2) is 11.5 Å². The van der Waals surface area contributed by atoms with Crippen LogP contribution in [0, 0.1) is 0 Å². The number of benzene rings is 3. The molecule has 146 valence electrons. The molecule has 4 aromatic rings. The lowest BCUT2D eigenvalue weighted by Gasteiger charge is -2.08. The van der Waals surface area contributed by atoms with Crippen LogP contribution in [0.5, 0.6) is 5.75 Å². The fourth-order valence-electron chi connectivity index (χ4n) is 3.06. The average molecular weight is 427 g/mol. The Balaban J connectivity index is 1.53. The van der Waals surface area contributed by atoms with Gasteiger partial charge in [-0.25, -0.2) is 5.43 Å². The van der Waals surface area contributed by atoms with E-state index in [-0.39, 0.29) is 5.76 Å². The first-order valence-corrected chi connectivity index (χ1v) is 9.69. The van der Waals surface area contributed by atoms with Crippen molar-refractivity contribution in [2.24, 2.45) is 5.10 Å². The van der Waals surface area contributed by atoms with Crippen molar-refractivity contribution in [1.82, 2.24) is 5.43 Å². The molecule has 0 aliphatic carbocycles. The summed E-state index contributed by atoms with van der Waals surface area (Å²) < 4.78 is 11.1. The summed E-state index contributed by atoms with van der Waals surface area (Å²) in [6.45, 7) is 2.30. The van der Waals surface area contributed by atoms with E-state index in [0.717, 1.165) is 16.2 Å². The Labute approximate surface area is 176 Å². The van der Waals surface area contributed by atoms with E-state index in [0.29, 0.717) is 33.5 Å². The summed E-state index contributed by atoms with van der Waals surface area (Å²) in [5, 5.41) is 7.69. The quantitative estimate of drug-likeness (QED) is 0.311. The van der Waals surface area contributed by atoms with E-state index in [1.807, 2.05) is 43.3 Å². The first-order valence-electron chi connectivity index (χ1n) is 8.93. The van der Waals surface area contributed by atoms with Crippen LogP contribution in [-0.4, -0.2) is 18.7 Å². The number of nitrogens with zero attached hydrogens (tertiary/aromatic N) is 1. The van der Waals surface area contributed by atoms with Crippen molar-refractivity contribution in [2.75, 3.05) is 6.61 Å². The monoisotopic (exact) mass is 426 g/mol. The maximum absolute atomic E-state index is 12.4. The Bertz CT molecular complexity index is 1220. The number of hydrazone groups is 1. The van der Waals surface area contributed by atoms with E-state index in [1.54, 1.807) is 18.2 Å². The smallest absolute Gasteiger partial charge is 0.307 e. The molecule has 1 N–H and O–H groups in total. The first-order chi connectivity index (χ1) is 14.1. The van der Waals surface area contributed by atoms with Gasteiger partial charge in [0, 0.05) is 5.39 Å². The van der Waals surface area contributed by atoms with Gasteiger partial charge in [0.25, 0.3) is 0 Å². The fraction of sp³-hybridized carbons (Fsp3) is 0.0909. The molecule has 0 saturated carbocycles. The van der Waals surface area contributed by atoms with Crippen LogP contribution in [0.3, 0.4) is 0 Å². The van der Waals surface area contributed by atoms with Crippen LogP contribution in [0.25, 0.3) is 21.7 Å². The zero-order chi connectivity index (χ0) is 20.4. The summed E-state index contributed by atoms with van der Waals surface area (Å²) >= 11 is 12.3.